The van der Waals surface area contributed by atoms with E-state index < -0.39 is 0 Å². The first-order chi connectivity index (χ1) is 7.60. The molecule has 4 nitrogen and oxygen atoms in total. The van der Waals surface area contributed by atoms with Crippen molar-refractivity contribution in [3.63, 3.8) is 0 Å². The molecule has 0 radical (unpaired) electrons. The molecule has 0 aromatic carbocycles. The van der Waals surface area contributed by atoms with Gasteiger partial charge in [0, 0.05) is 18.9 Å². The summed E-state index contributed by atoms with van der Waals surface area (Å²) in [6.07, 6.45) is 1.05. The van der Waals surface area contributed by atoms with E-state index in [2.05, 4.69) is 12.0 Å². The van der Waals surface area contributed by atoms with Crippen LogP contribution < -0.4 is 5.73 Å². The Kier molecular flexibility index (Phi) is 5.15. The maximum absolute atomic E-state index is 8.99. The Hall–Kier alpha value is -0.680. The normalized spacial score (nSPS) is 13.0. The quantitative estimate of drug-likeness (QED) is 0.749. The number of thioether (sulfide) groups is 1. The van der Waals surface area contributed by atoms with E-state index in [0.717, 1.165) is 35.1 Å². The second-order valence-corrected chi connectivity index (χ2v) is 5.13. The van der Waals surface area contributed by atoms with Crippen LogP contribution in [0.3, 0.4) is 0 Å². The monoisotopic (exact) mass is 243 g/mol. The van der Waals surface area contributed by atoms with Gasteiger partial charge in [-0.05, 0) is 19.3 Å². The van der Waals surface area contributed by atoms with Crippen LogP contribution in [0.5, 0.6) is 0 Å². The van der Waals surface area contributed by atoms with Gasteiger partial charge in [0.05, 0.1) is 11.4 Å². The average Bonchev–Trinajstić information content (AvgIpc) is 2.53. The van der Waals surface area contributed by atoms with Crippen molar-refractivity contribution in [1.29, 1.82) is 0 Å². The Morgan fingerprint density at radius 1 is 1.56 bits per heavy atom. The van der Waals surface area contributed by atoms with Crippen LogP contribution in [0.4, 0.5) is 5.69 Å². The SMILES string of the molecule is CCCn1nc(C)c(N)c1SCC(C)CO. The summed E-state index contributed by atoms with van der Waals surface area (Å²) in [5, 5.41) is 14.4. The molecule has 1 atom stereocenters. The molecular weight excluding hydrogens is 222 g/mol. The van der Waals surface area contributed by atoms with Crippen molar-refractivity contribution in [2.45, 2.75) is 38.8 Å². The highest BCUT2D eigenvalue weighted by molar-refractivity contribution is 7.99. The minimum atomic E-state index is 0.216. The highest BCUT2D eigenvalue weighted by Gasteiger charge is 2.13. The van der Waals surface area contributed by atoms with E-state index in [9.17, 15) is 0 Å². The van der Waals surface area contributed by atoms with Gasteiger partial charge in [-0.3, -0.25) is 4.68 Å². The van der Waals surface area contributed by atoms with Crippen LogP contribution in [-0.4, -0.2) is 27.2 Å². The Bertz CT molecular complexity index is 338. The van der Waals surface area contributed by atoms with Gasteiger partial charge in [-0.1, -0.05) is 13.8 Å². The van der Waals surface area contributed by atoms with Crippen LogP contribution in [-0.2, 0) is 6.54 Å². The Morgan fingerprint density at radius 2 is 2.25 bits per heavy atom. The summed E-state index contributed by atoms with van der Waals surface area (Å²) in [7, 11) is 0. The predicted molar refractivity (Wildman–Crippen MR) is 68.6 cm³/mol. The molecule has 92 valence electrons. The van der Waals surface area contributed by atoms with Gasteiger partial charge < -0.3 is 10.8 Å². The predicted octanol–water partition coefficient (Wildman–Crippen LogP) is 1.90. The topological polar surface area (TPSA) is 64.1 Å². The molecule has 1 aromatic rings. The molecule has 1 aromatic heterocycles. The number of aromatic nitrogens is 2. The van der Waals surface area contributed by atoms with Gasteiger partial charge in [-0.15, -0.1) is 11.8 Å². The lowest BCUT2D eigenvalue weighted by molar-refractivity contribution is 0.250. The van der Waals surface area contributed by atoms with Gasteiger partial charge in [0.15, 0.2) is 0 Å². The lowest BCUT2D eigenvalue weighted by Crippen LogP contribution is -2.06. The third kappa shape index (κ3) is 3.15. The largest absolute Gasteiger partial charge is 0.396 e. The molecule has 0 fully saturated rings. The van der Waals surface area contributed by atoms with Crippen molar-refractivity contribution in [1.82, 2.24) is 9.78 Å². The van der Waals surface area contributed by atoms with Gasteiger partial charge in [-0.25, -0.2) is 0 Å². The summed E-state index contributed by atoms with van der Waals surface area (Å²) in [5.41, 5.74) is 7.67. The Morgan fingerprint density at radius 3 is 2.81 bits per heavy atom. The first kappa shape index (κ1) is 13.4. The zero-order chi connectivity index (χ0) is 12.1. The fourth-order valence-electron chi connectivity index (χ4n) is 1.36. The second kappa shape index (κ2) is 6.15. The molecule has 0 saturated heterocycles. The minimum Gasteiger partial charge on any atom is -0.396 e. The van der Waals surface area contributed by atoms with E-state index in [-0.39, 0.29) is 12.5 Å². The number of aryl methyl sites for hydroxylation is 2. The number of nitrogen functional groups attached to an aromatic ring is 1. The van der Waals surface area contributed by atoms with E-state index >= 15 is 0 Å². The van der Waals surface area contributed by atoms with E-state index in [0.29, 0.717) is 0 Å². The van der Waals surface area contributed by atoms with Crippen molar-refractivity contribution in [3.8, 4) is 0 Å². The standard InChI is InChI=1S/C11H21N3OS/c1-4-5-14-11(10(12)9(3)13-14)16-7-8(2)6-15/h8,15H,4-7,12H2,1-3H3. The van der Waals surface area contributed by atoms with E-state index in [4.69, 9.17) is 10.8 Å². The van der Waals surface area contributed by atoms with Crippen LogP contribution in [0.15, 0.2) is 5.03 Å². The molecular formula is C11H21N3OS. The molecule has 0 amide bonds. The minimum absolute atomic E-state index is 0.216. The smallest absolute Gasteiger partial charge is 0.117 e. The first-order valence-corrected chi connectivity index (χ1v) is 6.65. The Balaban J connectivity index is 2.76. The summed E-state index contributed by atoms with van der Waals surface area (Å²) in [4.78, 5) is 0. The molecule has 0 aliphatic heterocycles. The van der Waals surface area contributed by atoms with Gasteiger partial charge in [-0.2, -0.15) is 5.10 Å². The molecule has 1 rings (SSSR count). The third-order valence-corrected chi connectivity index (χ3v) is 3.82. The number of aliphatic hydroxyl groups is 1. The van der Waals surface area contributed by atoms with Gasteiger partial charge in [0.2, 0.25) is 0 Å². The number of aliphatic hydroxyl groups excluding tert-OH is 1. The lowest BCUT2D eigenvalue weighted by Gasteiger charge is -2.09. The highest BCUT2D eigenvalue weighted by Crippen LogP contribution is 2.29. The summed E-state index contributed by atoms with van der Waals surface area (Å²) < 4.78 is 1.97. The Labute approximate surface area is 101 Å². The molecule has 5 heteroatoms. The summed E-state index contributed by atoms with van der Waals surface area (Å²) in [6.45, 7) is 7.19. The van der Waals surface area contributed by atoms with Gasteiger partial charge in [0.1, 0.15) is 5.03 Å². The lowest BCUT2D eigenvalue weighted by atomic mass is 10.2. The number of hydrogen-bond acceptors (Lipinski definition) is 4. The molecule has 0 saturated carbocycles. The number of anilines is 1. The average molecular weight is 243 g/mol. The van der Waals surface area contributed by atoms with Crippen LogP contribution in [0.2, 0.25) is 0 Å². The molecule has 3 N–H and O–H groups in total. The highest BCUT2D eigenvalue weighted by atomic mass is 32.2. The van der Waals surface area contributed by atoms with Crippen LogP contribution >= 0.6 is 11.8 Å². The summed E-state index contributed by atoms with van der Waals surface area (Å²) in [6, 6.07) is 0. The second-order valence-electron chi connectivity index (χ2n) is 4.13. The van der Waals surface area contributed by atoms with Crippen molar-refractivity contribution in [2.75, 3.05) is 18.1 Å². The van der Waals surface area contributed by atoms with Gasteiger partial charge >= 0.3 is 0 Å². The zero-order valence-corrected chi connectivity index (χ0v) is 11.0. The molecule has 0 bridgehead atoms. The van der Waals surface area contributed by atoms with Crippen LogP contribution in [0.25, 0.3) is 0 Å². The summed E-state index contributed by atoms with van der Waals surface area (Å²) >= 11 is 1.68. The molecule has 0 aliphatic carbocycles. The first-order valence-electron chi connectivity index (χ1n) is 5.66. The number of hydrogen-bond donors (Lipinski definition) is 2. The zero-order valence-electron chi connectivity index (χ0n) is 10.2. The summed E-state index contributed by atoms with van der Waals surface area (Å²) in [5.74, 6) is 1.16. The number of nitrogens with zero attached hydrogens (tertiary/aromatic N) is 2. The van der Waals surface area contributed by atoms with Gasteiger partial charge in [0.25, 0.3) is 0 Å². The van der Waals surface area contributed by atoms with Crippen molar-refractivity contribution >= 4 is 17.4 Å². The fraction of sp³-hybridized carbons (Fsp3) is 0.727. The van der Waals surface area contributed by atoms with E-state index in [1.807, 2.05) is 18.5 Å². The van der Waals surface area contributed by atoms with Crippen molar-refractivity contribution < 1.29 is 5.11 Å². The molecule has 16 heavy (non-hydrogen) atoms. The van der Waals surface area contributed by atoms with Crippen molar-refractivity contribution in [3.05, 3.63) is 5.69 Å². The third-order valence-electron chi connectivity index (χ3n) is 2.38. The van der Waals surface area contributed by atoms with E-state index in [1.165, 1.54) is 0 Å². The van der Waals surface area contributed by atoms with Crippen molar-refractivity contribution in [2.24, 2.45) is 5.92 Å². The van der Waals surface area contributed by atoms with Crippen LogP contribution in [0.1, 0.15) is 26.0 Å². The van der Waals surface area contributed by atoms with E-state index in [1.54, 1.807) is 11.8 Å². The maximum Gasteiger partial charge on any atom is 0.117 e. The number of rotatable bonds is 6. The maximum atomic E-state index is 8.99. The number of nitrogens with two attached hydrogens (primary N) is 1. The van der Waals surface area contributed by atoms with Crippen LogP contribution in [0, 0.1) is 12.8 Å². The fourth-order valence-corrected chi connectivity index (χ4v) is 2.50. The molecule has 0 spiro atoms. The molecule has 1 heterocycles. The molecule has 0 aliphatic rings. The molecule has 1 unspecified atom stereocenters.